The molecule has 19 heavy (non-hydrogen) atoms. The zero-order valence-electron chi connectivity index (χ0n) is 13.3. The second kappa shape index (κ2) is 5.57. The van der Waals surface area contributed by atoms with Crippen LogP contribution >= 0.6 is 11.8 Å². The number of nitrogens with two attached hydrogens (primary N) is 1. The van der Waals surface area contributed by atoms with E-state index >= 15 is 0 Å². The van der Waals surface area contributed by atoms with Gasteiger partial charge >= 0.3 is 0 Å². The Labute approximate surface area is 123 Å². The summed E-state index contributed by atoms with van der Waals surface area (Å²) in [7, 11) is 0. The molecule has 2 rings (SSSR count). The molecule has 0 aromatic carbocycles. The van der Waals surface area contributed by atoms with Crippen LogP contribution in [0.4, 0.5) is 0 Å². The van der Waals surface area contributed by atoms with Crippen molar-refractivity contribution in [1.82, 2.24) is 4.90 Å². The predicted octanol–water partition coefficient (Wildman–Crippen LogP) is 3.50. The van der Waals surface area contributed by atoms with Gasteiger partial charge in [-0.25, -0.2) is 0 Å². The van der Waals surface area contributed by atoms with Gasteiger partial charge in [-0.3, -0.25) is 4.90 Å². The second-order valence-corrected chi connectivity index (χ2v) is 9.47. The molecule has 1 saturated carbocycles. The molecule has 0 spiro atoms. The van der Waals surface area contributed by atoms with Crippen molar-refractivity contribution in [2.75, 3.05) is 25.4 Å². The van der Waals surface area contributed by atoms with E-state index in [0.717, 1.165) is 6.54 Å². The molecular weight excluding hydrogens is 252 g/mol. The molecule has 2 nitrogen and oxygen atoms in total. The fraction of sp³-hybridized carbons (Fsp3) is 1.00. The topological polar surface area (TPSA) is 29.3 Å². The summed E-state index contributed by atoms with van der Waals surface area (Å²) in [6, 6.07) is 0. The lowest BCUT2D eigenvalue weighted by Crippen LogP contribution is -2.64. The predicted molar refractivity (Wildman–Crippen MR) is 86.8 cm³/mol. The molecule has 0 bridgehead atoms. The molecule has 112 valence electrons. The van der Waals surface area contributed by atoms with Gasteiger partial charge in [0.15, 0.2) is 0 Å². The van der Waals surface area contributed by atoms with Gasteiger partial charge in [-0.15, -0.1) is 0 Å². The Morgan fingerprint density at radius 3 is 2.32 bits per heavy atom. The second-order valence-electron chi connectivity index (χ2n) is 7.67. The first-order valence-corrected chi connectivity index (χ1v) is 8.91. The molecule has 1 aliphatic carbocycles. The number of hydrogen-bond acceptors (Lipinski definition) is 3. The van der Waals surface area contributed by atoms with Gasteiger partial charge < -0.3 is 5.73 Å². The van der Waals surface area contributed by atoms with Gasteiger partial charge in [0, 0.05) is 35.7 Å². The van der Waals surface area contributed by atoms with Crippen molar-refractivity contribution in [2.45, 2.75) is 70.1 Å². The molecule has 1 aliphatic heterocycles. The first kappa shape index (κ1) is 15.7. The summed E-state index contributed by atoms with van der Waals surface area (Å²) < 4.78 is 0.434. The molecule has 1 saturated heterocycles. The Balaban J connectivity index is 2.20. The fourth-order valence-electron chi connectivity index (χ4n) is 4.10. The summed E-state index contributed by atoms with van der Waals surface area (Å²) in [6.07, 6.45) is 6.64. The number of thioether (sulfide) groups is 1. The zero-order chi connectivity index (χ0) is 14.1. The average molecular weight is 285 g/mol. The van der Waals surface area contributed by atoms with Crippen LogP contribution in [0.5, 0.6) is 0 Å². The zero-order valence-corrected chi connectivity index (χ0v) is 14.1. The monoisotopic (exact) mass is 284 g/mol. The van der Waals surface area contributed by atoms with Gasteiger partial charge in [0.2, 0.25) is 0 Å². The van der Waals surface area contributed by atoms with Crippen LogP contribution in [0.1, 0.15) is 59.8 Å². The molecule has 0 aromatic heterocycles. The van der Waals surface area contributed by atoms with E-state index in [1.807, 2.05) is 0 Å². The lowest BCUT2D eigenvalue weighted by Gasteiger charge is -2.56. The van der Waals surface area contributed by atoms with E-state index in [1.54, 1.807) is 0 Å². The molecular formula is C16H32N2S. The van der Waals surface area contributed by atoms with Gasteiger partial charge in [-0.05, 0) is 24.7 Å². The molecule has 1 atom stereocenters. The molecule has 2 fully saturated rings. The van der Waals surface area contributed by atoms with E-state index in [4.69, 9.17) is 5.73 Å². The molecule has 1 unspecified atom stereocenters. The SMILES string of the molecule is CC1(C)CCN(C2(CN)CCCCC2(C)C)CCS1. The lowest BCUT2D eigenvalue weighted by atomic mass is 9.62. The maximum Gasteiger partial charge on any atom is 0.0382 e. The molecule has 0 aromatic rings. The van der Waals surface area contributed by atoms with Crippen LogP contribution in [0, 0.1) is 5.41 Å². The van der Waals surface area contributed by atoms with Crippen molar-refractivity contribution in [1.29, 1.82) is 0 Å². The van der Waals surface area contributed by atoms with Gasteiger partial charge in [0.25, 0.3) is 0 Å². The largest absolute Gasteiger partial charge is 0.329 e. The smallest absolute Gasteiger partial charge is 0.0382 e. The van der Waals surface area contributed by atoms with Crippen LogP contribution in [0.25, 0.3) is 0 Å². The van der Waals surface area contributed by atoms with Crippen LogP contribution in [-0.4, -0.2) is 40.6 Å². The summed E-state index contributed by atoms with van der Waals surface area (Å²) in [5, 5.41) is 0. The van der Waals surface area contributed by atoms with Crippen LogP contribution in [0.15, 0.2) is 0 Å². The summed E-state index contributed by atoms with van der Waals surface area (Å²) in [5.41, 5.74) is 6.92. The van der Waals surface area contributed by atoms with E-state index in [2.05, 4.69) is 44.4 Å². The highest BCUT2D eigenvalue weighted by Gasteiger charge is 2.49. The van der Waals surface area contributed by atoms with E-state index in [9.17, 15) is 0 Å². The average Bonchev–Trinajstić information content (AvgIpc) is 2.51. The molecule has 2 aliphatic rings. The normalized spacial score (nSPS) is 35.8. The molecule has 1 heterocycles. The standard InChI is InChI=1S/C16H32N2S/c1-14(2)7-5-6-8-16(14,13-17)18-10-9-15(3,4)19-12-11-18/h5-13,17H2,1-4H3. The van der Waals surface area contributed by atoms with Gasteiger partial charge in [0.1, 0.15) is 0 Å². The van der Waals surface area contributed by atoms with Crippen molar-refractivity contribution in [3.05, 3.63) is 0 Å². The number of nitrogens with zero attached hydrogens (tertiary/aromatic N) is 1. The summed E-state index contributed by atoms with van der Waals surface area (Å²) in [5.74, 6) is 1.25. The molecule has 0 radical (unpaired) electrons. The van der Waals surface area contributed by atoms with Crippen LogP contribution < -0.4 is 5.73 Å². The highest BCUT2D eigenvalue weighted by Crippen LogP contribution is 2.48. The van der Waals surface area contributed by atoms with E-state index in [0.29, 0.717) is 10.2 Å². The third-order valence-corrected chi connectivity index (χ3v) is 7.06. The maximum absolute atomic E-state index is 6.31. The van der Waals surface area contributed by atoms with E-state index in [1.165, 1.54) is 50.9 Å². The Bertz CT molecular complexity index is 314. The maximum atomic E-state index is 6.31. The third-order valence-electron chi connectivity index (χ3n) is 5.68. The quantitative estimate of drug-likeness (QED) is 0.841. The first-order chi connectivity index (χ1) is 8.83. The van der Waals surface area contributed by atoms with Crippen molar-refractivity contribution < 1.29 is 0 Å². The van der Waals surface area contributed by atoms with Crippen molar-refractivity contribution in [3.8, 4) is 0 Å². The number of rotatable bonds is 2. The first-order valence-electron chi connectivity index (χ1n) is 7.92. The molecule has 2 N–H and O–H groups in total. The molecule has 0 amide bonds. The van der Waals surface area contributed by atoms with Gasteiger partial charge in [-0.1, -0.05) is 40.5 Å². The molecule has 3 heteroatoms. The Kier molecular flexibility index (Phi) is 4.59. The van der Waals surface area contributed by atoms with Crippen molar-refractivity contribution in [3.63, 3.8) is 0 Å². The minimum atomic E-state index is 0.242. The minimum Gasteiger partial charge on any atom is -0.329 e. The van der Waals surface area contributed by atoms with Crippen molar-refractivity contribution >= 4 is 11.8 Å². The number of hydrogen-bond donors (Lipinski definition) is 1. The summed E-state index contributed by atoms with van der Waals surface area (Å²) in [6.45, 7) is 12.9. The third kappa shape index (κ3) is 2.98. The van der Waals surface area contributed by atoms with Crippen molar-refractivity contribution in [2.24, 2.45) is 11.1 Å². The van der Waals surface area contributed by atoms with Gasteiger partial charge in [0.05, 0.1) is 0 Å². The Morgan fingerprint density at radius 2 is 1.68 bits per heavy atom. The lowest BCUT2D eigenvalue weighted by molar-refractivity contribution is -0.0409. The Morgan fingerprint density at radius 1 is 1.00 bits per heavy atom. The van der Waals surface area contributed by atoms with Crippen LogP contribution in [0.2, 0.25) is 0 Å². The minimum absolute atomic E-state index is 0.242. The Hall–Kier alpha value is 0.270. The highest BCUT2D eigenvalue weighted by atomic mass is 32.2. The fourth-order valence-corrected chi connectivity index (χ4v) is 5.20. The van der Waals surface area contributed by atoms with Crippen LogP contribution in [-0.2, 0) is 0 Å². The highest BCUT2D eigenvalue weighted by molar-refractivity contribution is 8.00. The summed E-state index contributed by atoms with van der Waals surface area (Å²) >= 11 is 2.14. The van der Waals surface area contributed by atoms with E-state index < -0.39 is 0 Å². The summed E-state index contributed by atoms with van der Waals surface area (Å²) in [4.78, 5) is 2.76. The van der Waals surface area contributed by atoms with Crippen LogP contribution in [0.3, 0.4) is 0 Å². The van der Waals surface area contributed by atoms with E-state index in [-0.39, 0.29) is 5.54 Å². The van der Waals surface area contributed by atoms with Gasteiger partial charge in [-0.2, -0.15) is 11.8 Å².